The zero-order chi connectivity index (χ0) is 46.8. The zero-order valence-electron chi connectivity index (χ0n) is 33.5. The molecule has 0 bridgehead atoms. The number of fused-ring (bicyclic) bond motifs is 2. The first-order chi connectivity index (χ1) is 28.0. The Labute approximate surface area is 360 Å². The molecule has 4 rings (SSSR count). The summed E-state index contributed by atoms with van der Waals surface area (Å²) in [5.74, 6) is -4.97. The summed E-state index contributed by atoms with van der Waals surface area (Å²) in [6.07, 6.45) is 0.473. The van der Waals surface area contributed by atoms with Gasteiger partial charge in [0.2, 0.25) is 20.0 Å². The van der Waals surface area contributed by atoms with Crippen LogP contribution in [0.3, 0.4) is 0 Å². The molecule has 0 spiro atoms. The van der Waals surface area contributed by atoms with Crippen molar-refractivity contribution < 1.29 is 86.5 Å². The minimum absolute atomic E-state index is 0.0388. The van der Waals surface area contributed by atoms with E-state index >= 15 is 0 Å². The Kier molecular flexibility index (Phi) is 19.0. The summed E-state index contributed by atoms with van der Waals surface area (Å²) in [5, 5.41) is 20.1. The summed E-state index contributed by atoms with van der Waals surface area (Å²) in [6, 6.07) is 1.67. The number of carbonyl (C=O) groups excluding carboxylic acids is 5. The fourth-order valence-electron chi connectivity index (χ4n) is 5.53. The number of sulfonamides is 2. The topological polar surface area (TPSA) is 363 Å². The number of esters is 4. The molecule has 23 nitrogen and oxygen atoms in total. The minimum Gasteiger partial charge on any atom is -0.479 e. The standard InChI is InChI=1S/C16H22N2O9S3.C10H16N2O4S3.C6H8O6/c1-4-18(13(20)7-27-14(21)8-26-10(3)19)12-5-9(2)29(22,23)16-11(12)6-15(28-16)30(17,24)25;1-3-12-8-4-6(2)18(13,14)10-7(8)5-9(17-10)19(11,15)16;1-4(7)11-3-6(10)12-2-5(8)9/h6,9,12H,4-5,7-8H2,1-3H3,(H2,17,24,25);5-6,8,12H,3-4H2,1-2H3,(H2,11,15,16);2-3H2,1H3,(H,8,9)/t9-,12-;6-,8-;/m00./s1. The third-order valence-electron chi connectivity index (χ3n) is 8.39. The van der Waals surface area contributed by atoms with E-state index in [-0.39, 0.29) is 41.4 Å². The highest BCUT2D eigenvalue weighted by atomic mass is 32.3. The fraction of sp³-hybridized carbons (Fsp3) is 0.562. The van der Waals surface area contributed by atoms with Gasteiger partial charge in [-0.3, -0.25) is 14.4 Å². The molecule has 0 saturated heterocycles. The molecule has 344 valence electrons. The van der Waals surface area contributed by atoms with Crippen molar-refractivity contribution in [1.82, 2.24) is 10.2 Å². The van der Waals surface area contributed by atoms with Crippen LogP contribution in [0.2, 0.25) is 0 Å². The Morgan fingerprint density at radius 2 is 1.16 bits per heavy atom. The maximum atomic E-state index is 12.7. The Hall–Kier alpha value is -4.10. The molecule has 4 atom stereocenters. The number of ether oxygens (including phenoxy) is 4. The van der Waals surface area contributed by atoms with Crippen LogP contribution < -0.4 is 15.6 Å². The third kappa shape index (κ3) is 14.8. The number of nitrogens with two attached hydrogens (primary N) is 2. The lowest BCUT2D eigenvalue weighted by atomic mass is 10.0. The molecule has 1 amide bonds. The molecule has 2 aliphatic rings. The van der Waals surface area contributed by atoms with Crippen LogP contribution in [-0.4, -0.2) is 129 Å². The second-order valence-electron chi connectivity index (χ2n) is 13.0. The molecular weight excluding hydrogens is 937 g/mol. The lowest BCUT2D eigenvalue weighted by Gasteiger charge is -2.35. The lowest BCUT2D eigenvalue weighted by molar-refractivity contribution is -0.162. The number of carbonyl (C=O) groups is 6. The number of nitrogens with zero attached hydrogens (tertiary/aromatic N) is 1. The van der Waals surface area contributed by atoms with Gasteiger partial charge in [-0.05, 0) is 52.3 Å². The van der Waals surface area contributed by atoms with Crippen LogP contribution in [0.5, 0.6) is 0 Å². The van der Waals surface area contributed by atoms with Gasteiger partial charge in [-0.15, -0.1) is 22.7 Å². The van der Waals surface area contributed by atoms with Crippen LogP contribution >= 0.6 is 22.7 Å². The van der Waals surface area contributed by atoms with Crippen molar-refractivity contribution in [3.63, 3.8) is 0 Å². The predicted octanol–water partition coefficient (Wildman–Crippen LogP) is -0.253. The number of sulfone groups is 2. The highest BCUT2D eigenvalue weighted by Crippen LogP contribution is 2.45. The van der Waals surface area contributed by atoms with Crippen molar-refractivity contribution >= 4 is 98.1 Å². The van der Waals surface area contributed by atoms with Gasteiger partial charge in [-0.2, -0.15) is 0 Å². The average Bonchev–Trinajstić information content (AvgIpc) is 3.82. The van der Waals surface area contributed by atoms with Crippen LogP contribution in [0.25, 0.3) is 0 Å². The molecule has 4 heterocycles. The van der Waals surface area contributed by atoms with Crippen LogP contribution in [0.1, 0.15) is 77.6 Å². The van der Waals surface area contributed by atoms with Gasteiger partial charge in [-0.1, -0.05) is 6.92 Å². The van der Waals surface area contributed by atoms with E-state index in [0.717, 1.165) is 25.2 Å². The monoisotopic (exact) mass is 982 g/mol. The summed E-state index contributed by atoms with van der Waals surface area (Å²) in [7, 11) is -15.2. The van der Waals surface area contributed by atoms with E-state index in [9.17, 15) is 62.4 Å². The molecule has 0 unspecified atom stereocenters. The largest absolute Gasteiger partial charge is 0.479 e. The van der Waals surface area contributed by atoms with Crippen molar-refractivity contribution in [2.24, 2.45) is 10.3 Å². The third-order valence-corrected chi connectivity index (χ3v) is 19.0. The molecule has 0 aliphatic carbocycles. The Morgan fingerprint density at radius 3 is 1.57 bits per heavy atom. The molecule has 0 fully saturated rings. The first-order valence-corrected chi connectivity index (χ1v) is 25.4. The molecule has 2 aromatic rings. The average molecular weight is 983 g/mol. The summed E-state index contributed by atoms with van der Waals surface area (Å²) in [5.41, 5.74) is 0.692. The van der Waals surface area contributed by atoms with E-state index in [2.05, 4.69) is 19.5 Å². The maximum absolute atomic E-state index is 12.7. The molecule has 6 N–H and O–H groups in total. The van der Waals surface area contributed by atoms with Crippen molar-refractivity contribution in [2.75, 3.05) is 39.5 Å². The maximum Gasteiger partial charge on any atom is 0.344 e. The molecule has 61 heavy (non-hydrogen) atoms. The van der Waals surface area contributed by atoms with Gasteiger partial charge in [0.1, 0.15) is 16.8 Å². The second-order valence-corrected chi connectivity index (χ2v) is 23.8. The van der Waals surface area contributed by atoms with Crippen molar-refractivity contribution in [2.45, 2.75) is 93.8 Å². The highest BCUT2D eigenvalue weighted by molar-refractivity contribution is 7.96. The van der Waals surface area contributed by atoms with E-state index in [1.54, 1.807) is 13.8 Å². The molecule has 29 heteroatoms. The van der Waals surface area contributed by atoms with E-state index in [1.165, 1.54) is 24.0 Å². The number of thiophene rings is 2. The van der Waals surface area contributed by atoms with Crippen molar-refractivity contribution in [1.29, 1.82) is 0 Å². The molecule has 0 saturated carbocycles. The molecule has 2 aliphatic heterocycles. The Bertz CT molecular complexity index is 2410. The summed E-state index contributed by atoms with van der Waals surface area (Å²) >= 11 is 1.29. The quantitative estimate of drug-likeness (QED) is 0.140. The van der Waals surface area contributed by atoms with Gasteiger partial charge in [-0.25, -0.2) is 58.3 Å². The summed E-state index contributed by atoms with van der Waals surface area (Å²) in [4.78, 5) is 66.7. The number of hydrogen-bond acceptors (Lipinski definition) is 21. The van der Waals surface area contributed by atoms with Crippen LogP contribution in [-0.2, 0) is 87.4 Å². The fourth-order valence-corrected chi connectivity index (χ4v) is 14.3. The first-order valence-electron chi connectivity index (χ1n) is 17.6. The van der Waals surface area contributed by atoms with E-state index < -0.39 is 118 Å². The normalized spacial score (nSPS) is 19.7. The lowest BCUT2D eigenvalue weighted by Crippen LogP contribution is -2.42. The van der Waals surface area contributed by atoms with E-state index in [1.807, 2.05) is 6.92 Å². The summed E-state index contributed by atoms with van der Waals surface area (Å²) < 4.78 is 113. The van der Waals surface area contributed by atoms with Crippen molar-refractivity contribution in [3.8, 4) is 0 Å². The number of carboxylic acids is 1. The van der Waals surface area contributed by atoms with Gasteiger partial charge < -0.3 is 34.3 Å². The summed E-state index contributed by atoms with van der Waals surface area (Å²) in [6.45, 7) is 7.19. The Balaban J connectivity index is 0.000000351. The minimum atomic E-state index is -4.14. The number of rotatable bonds is 14. The second kappa shape index (κ2) is 21.8. The van der Waals surface area contributed by atoms with Gasteiger partial charge in [0, 0.05) is 37.6 Å². The number of likely N-dealkylation sites (N-methyl/N-ethyl adjacent to an activating group) is 1. The number of hydrogen-bond donors (Lipinski definition) is 4. The molecular formula is C32H46N4O19S6. The predicted molar refractivity (Wildman–Crippen MR) is 213 cm³/mol. The van der Waals surface area contributed by atoms with Gasteiger partial charge >= 0.3 is 29.8 Å². The van der Waals surface area contributed by atoms with Crippen LogP contribution in [0.15, 0.2) is 29.0 Å². The SMILES string of the molecule is CC(=O)OCC(=O)OCC(=O)O.CCN(C(=O)COC(=O)COC(C)=O)[C@H]1C[C@H](C)S(=O)(=O)c2sc(S(N)(=O)=O)cc21.CCN[C@H]1C[C@H](C)S(=O)(=O)c2sc(S(N)(=O)=O)cc21. The zero-order valence-corrected chi connectivity index (χ0v) is 38.4. The Morgan fingerprint density at radius 1 is 0.738 bits per heavy atom. The number of nitrogens with one attached hydrogen (secondary N) is 1. The number of primary sulfonamides is 2. The molecule has 0 aromatic carbocycles. The van der Waals surface area contributed by atoms with E-state index in [0.29, 0.717) is 29.9 Å². The number of aliphatic carboxylic acids is 1. The van der Waals surface area contributed by atoms with Crippen LogP contribution in [0.4, 0.5) is 0 Å². The highest BCUT2D eigenvalue weighted by Gasteiger charge is 2.43. The smallest absolute Gasteiger partial charge is 0.344 e. The first kappa shape index (κ1) is 53.0. The van der Waals surface area contributed by atoms with E-state index in [4.69, 9.17) is 20.1 Å². The molecule has 2 aromatic heterocycles. The van der Waals surface area contributed by atoms with Crippen molar-refractivity contribution in [3.05, 3.63) is 23.3 Å². The van der Waals surface area contributed by atoms with Gasteiger partial charge in [0.05, 0.1) is 16.5 Å². The van der Waals surface area contributed by atoms with Crippen LogP contribution in [0, 0.1) is 0 Å². The number of carboxylic acid groups (broad SMARTS) is 1. The van der Waals surface area contributed by atoms with Gasteiger partial charge in [0.25, 0.3) is 5.91 Å². The van der Waals surface area contributed by atoms with Gasteiger partial charge in [0.15, 0.2) is 46.1 Å². The molecule has 0 radical (unpaired) electrons. The number of amides is 1.